The van der Waals surface area contributed by atoms with Crippen LogP contribution in [0.1, 0.15) is 45.2 Å². The number of nitrogens with two attached hydrogens (primary N) is 1. The highest BCUT2D eigenvalue weighted by atomic mass is 15.2. The van der Waals surface area contributed by atoms with Gasteiger partial charge in [-0.25, -0.2) is 0 Å². The van der Waals surface area contributed by atoms with E-state index in [-0.39, 0.29) is 10.8 Å². The summed E-state index contributed by atoms with van der Waals surface area (Å²) in [5.41, 5.74) is 6.99. The number of benzene rings is 3. The van der Waals surface area contributed by atoms with Crippen LogP contribution in [0.25, 0.3) is 10.8 Å². The molecule has 150 valence electrons. The van der Waals surface area contributed by atoms with Crippen molar-refractivity contribution in [1.82, 2.24) is 0 Å². The Morgan fingerprint density at radius 1 is 0.966 bits per heavy atom. The van der Waals surface area contributed by atoms with Gasteiger partial charge in [0, 0.05) is 29.4 Å². The Labute approximate surface area is 175 Å². The number of nitrogens with zero attached hydrogens (tertiary/aromatic N) is 1. The SMILES string of the molecule is C[NH2+]c1ccccc1C(C)(C)C/C=C1/N(C)c2ccc3ccccc3c2C1(C)C. The summed E-state index contributed by atoms with van der Waals surface area (Å²) in [6, 6.07) is 22.1. The van der Waals surface area contributed by atoms with Gasteiger partial charge >= 0.3 is 0 Å². The Hall–Kier alpha value is -2.58. The number of anilines is 1. The van der Waals surface area contributed by atoms with Crippen molar-refractivity contribution in [1.29, 1.82) is 0 Å². The number of para-hydroxylation sites is 1. The third-order valence-corrected chi connectivity index (χ3v) is 6.70. The molecule has 0 fully saturated rings. The molecule has 2 heteroatoms. The normalized spacial score (nSPS) is 17.2. The Morgan fingerprint density at radius 2 is 1.66 bits per heavy atom. The third kappa shape index (κ3) is 3.16. The molecule has 0 atom stereocenters. The molecule has 0 aromatic heterocycles. The molecular formula is C27H33N2+. The summed E-state index contributed by atoms with van der Waals surface area (Å²) >= 11 is 0. The van der Waals surface area contributed by atoms with Crippen LogP contribution in [-0.4, -0.2) is 14.1 Å². The van der Waals surface area contributed by atoms with Crippen molar-refractivity contribution in [2.24, 2.45) is 0 Å². The van der Waals surface area contributed by atoms with Gasteiger partial charge in [-0.1, -0.05) is 82.3 Å². The van der Waals surface area contributed by atoms with Gasteiger partial charge < -0.3 is 10.2 Å². The molecule has 2 nitrogen and oxygen atoms in total. The van der Waals surface area contributed by atoms with Gasteiger partial charge in [0.25, 0.3) is 0 Å². The Balaban J connectivity index is 1.75. The van der Waals surface area contributed by atoms with Crippen molar-refractivity contribution in [3.8, 4) is 0 Å². The van der Waals surface area contributed by atoms with Gasteiger partial charge in [0.15, 0.2) is 0 Å². The smallest absolute Gasteiger partial charge is 0.133 e. The lowest BCUT2D eigenvalue weighted by Crippen LogP contribution is -2.73. The van der Waals surface area contributed by atoms with Crippen molar-refractivity contribution in [2.75, 3.05) is 19.0 Å². The van der Waals surface area contributed by atoms with Gasteiger partial charge in [-0.05, 0) is 40.3 Å². The highest BCUT2D eigenvalue weighted by molar-refractivity contribution is 5.94. The summed E-state index contributed by atoms with van der Waals surface area (Å²) in [4.78, 5) is 2.40. The molecule has 0 aliphatic carbocycles. The summed E-state index contributed by atoms with van der Waals surface area (Å²) in [6.07, 6.45) is 3.48. The molecule has 0 amide bonds. The van der Waals surface area contributed by atoms with Crippen LogP contribution in [0.5, 0.6) is 0 Å². The Bertz CT molecular complexity index is 1090. The molecular weight excluding hydrogens is 352 g/mol. The van der Waals surface area contributed by atoms with Crippen LogP contribution in [0, 0.1) is 0 Å². The van der Waals surface area contributed by atoms with E-state index in [1.165, 1.54) is 39.0 Å². The lowest BCUT2D eigenvalue weighted by atomic mass is 9.77. The minimum atomic E-state index is -0.0164. The summed E-state index contributed by atoms with van der Waals surface area (Å²) in [6.45, 7) is 9.45. The zero-order valence-electron chi connectivity index (χ0n) is 18.6. The number of fused-ring (bicyclic) bond motifs is 3. The van der Waals surface area contributed by atoms with Crippen LogP contribution >= 0.6 is 0 Å². The van der Waals surface area contributed by atoms with Gasteiger partial charge in [-0.3, -0.25) is 0 Å². The van der Waals surface area contributed by atoms with Gasteiger partial charge in [0.05, 0.1) is 7.05 Å². The lowest BCUT2D eigenvalue weighted by Gasteiger charge is -2.29. The second kappa shape index (κ2) is 7.03. The first kappa shape index (κ1) is 19.7. The topological polar surface area (TPSA) is 19.9 Å². The van der Waals surface area contributed by atoms with Crippen molar-refractivity contribution in [3.63, 3.8) is 0 Å². The number of quaternary nitrogens is 1. The van der Waals surface area contributed by atoms with Gasteiger partial charge in [-0.2, -0.15) is 0 Å². The van der Waals surface area contributed by atoms with E-state index in [0.29, 0.717) is 0 Å². The third-order valence-electron chi connectivity index (χ3n) is 6.70. The van der Waals surface area contributed by atoms with E-state index in [4.69, 9.17) is 0 Å². The average Bonchev–Trinajstić information content (AvgIpc) is 2.92. The summed E-state index contributed by atoms with van der Waals surface area (Å²) in [5, 5.41) is 4.91. The predicted octanol–water partition coefficient (Wildman–Crippen LogP) is 5.64. The Kier molecular flexibility index (Phi) is 4.78. The molecule has 0 saturated carbocycles. The standard InChI is InChI=1S/C27H32N2/c1-26(2,21-13-9-10-14-22(21)28-5)18-17-24-27(3,4)25-20-12-8-7-11-19(20)15-16-23(25)29(24)6/h7-17,28H,18H2,1-6H3/p+1/b24-17+. The Morgan fingerprint density at radius 3 is 2.41 bits per heavy atom. The maximum Gasteiger partial charge on any atom is 0.133 e. The molecule has 29 heavy (non-hydrogen) atoms. The lowest BCUT2D eigenvalue weighted by molar-refractivity contribution is -0.540. The number of hydrogen-bond donors (Lipinski definition) is 1. The largest absolute Gasteiger partial charge is 0.347 e. The molecule has 0 bridgehead atoms. The maximum atomic E-state index is 2.47. The first-order chi connectivity index (χ1) is 13.8. The molecule has 4 rings (SSSR count). The zero-order chi connectivity index (χ0) is 20.8. The number of hydrogen-bond acceptors (Lipinski definition) is 1. The first-order valence-electron chi connectivity index (χ1n) is 10.6. The molecule has 0 spiro atoms. The fraction of sp³-hybridized carbons (Fsp3) is 0.333. The molecule has 3 aromatic carbocycles. The van der Waals surface area contributed by atoms with Gasteiger partial charge in [0.2, 0.25) is 0 Å². The minimum absolute atomic E-state index is 0.0164. The molecule has 0 unspecified atom stereocenters. The number of likely N-dealkylation sites (N-methyl/N-ethyl adjacent to an activating group) is 1. The van der Waals surface area contributed by atoms with Crippen molar-refractivity contribution in [2.45, 2.75) is 44.9 Å². The molecule has 1 heterocycles. The van der Waals surface area contributed by atoms with Crippen molar-refractivity contribution in [3.05, 3.63) is 83.6 Å². The molecule has 3 aromatic rings. The molecule has 0 saturated heterocycles. The van der Waals surface area contributed by atoms with Crippen LogP contribution in [0.3, 0.4) is 0 Å². The fourth-order valence-corrected chi connectivity index (χ4v) is 5.09. The predicted molar refractivity (Wildman–Crippen MR) is 125 cm³/mol. The van der Waals surface area contributed by atoms with E-state index in [1.54, 1.807) is 0 Å². The van der Waals surface area contributed by atoms with Crippen LogP contribution in [-0.2, 0) is 10.8 Å². The minimum Gasteiger partial charge on any atom is -0.347 e. The van der Waals surface area contributed by atoms with E-state index in [2.05, 4.69) is 119 Å². The summed E-state index contributed by atoms with van der Waals surface area (Å²) in [7, 11) is 4.35. The number of allylic oxidation sites excluding steroid dienone is 2. The van der Waals surface area contributed by atoms with E-state index in [1.807, 2.05) is 0 Å². The molecule has 1 aliphatic heterocycles. The number of rotatable bonds is 4. The van der Waals surface area contributed by atoms with E-state index in [0.717, 1.165) is 6.42 Å². The quantitative estimate of drug-likeness (QED) is 0.576. The van der Waals surface area contributed by atoms with Crippen LogP contribution < -0.4 is 10.2 Å². The second-order valence-corrected chi connectivity index (χ2v) is 9.42. The van der Waals surface area contributed by atoms with Crippen molar-refractivity contribution < 1.29 is 5.32 Å². The molecule has 1 aliphatic rings. The van der Waals surface area contributed by atoms with E-state index >= 15 is 0 Å². The second-order valence-electron chi connectivity index (χ2n) is 9.42. The van der Waals surface area contributed by atoms with Gasteiger partial charge in [0.1, 0.15) is 5.69 Å². The highest BCUT2D eigenvalue weighted by Gasteiger charge is 2.40. The average molecular weight is 386 g/mol. The highest BCUT2D eigenvalue weighted by Crippen LogP contribution is 2.50. The summed E-state index contributed by atoms with van der Waals surface area (Å²) in [5.74, 6) is 0. The van der Waals surface area contributed by atoms with Crippen molar-refractivity contribution >= 4 is 22.1 Å². The van der Waals surface area contributed by atoms with Gasteiger partial charge in [-0.15, -0.1) is 0 Å². The van der Waals surface area contributed by atoms with E-state index in [9.17, 15) is 0 Å². The van der Waals surface area contributed by atoms with Crippen LogP contribution in [0.2, 0.25) is 0 Å². The zero-order valence-corrected chi connectivity index (χ0v) is 18.6. The van der Waals surface area contributed by atoms with Crippen LogP contribution in [0.4, 0.5) is 11.4 Å². The van der Waals surface area contributed by atoms with E-state index < -0.39 is 0 Å². The maximum absolute atomic E-state index is 2.47. The van der Waals surface area contributed by atoms with Crippen LogP contribution in [0.15, 0.2) is 72.4 Å². The summed E-state index contributed by atoms with van der Waals surface area (Å²) < 4.78 is 0. The fourth-order valence-electron chi connectivity index (χ4n) is 5.09. The molecule has 0 radical (unpaired) electrons. The molecule has 2 N–H and O–H groups in total. The first-order valence-corrected chi connectivity index (χ1v) is 10.6. The monoisotopic (exact) mass is 385 g/mol.